The zero-order valence-corrected chi connectivity index (χ0v) is 15.1. The molecule has 27 heavy (non-hydrogen) atoms. The van der Waals surface area contributed by atoms with Crippen molar-refractivity contribution in [3.05, 3.63) is 52.0 Å². The summed E-state index contributed by atoms with van der Waals surface area (Å²) < 4.78 is 5.16. The normalized spacial score (nSPS) is 13.1. The highest BCUT2D eigenvalue weighted by Gasteiger charge is 2.32. The lowest BCUT2D eigenvalue weighted by Crippen LogP contribution is -2.24. The van der Waals surface area contributed by atoms with Crippen molar-refractivity contribution in [1.82, 2.24) is 15.0 Å². The zero-order valence-electron chi connectivity index (χ0n) is 14.3. The van der Waals surface area contributed by atoms with Gasteiger partial charge in [-0.05, 0) is 29.6 Å². The van der Waals surface area contributed by atoms with E-state index in [1.54, 1.807) is 12.1 Å². The number of carbonyl (C=O) groups excluding carboxylic acids is 3. The van der Waals surface area contributed by atoms with E-state index in [2.05, 4.69) is 15.5 Å². The van der Waals surface area contributed by atoms with Crippen LogP contribution in [-0.4, -0.2) is 39.8 Å². The Labute approximate surface area is 157 Å². The minimum absolute atomic E-state index is 0.148. The Bertz CT molecular complexity index is 1040. The molecule has 0 saturated heterocycles. The molecule has 1 aromatic carbocycles. The van der Waals surface area contributed by atoms with Gasteiger partial charge in [0, 0.05) is 36.5 Å². The Morgan fingerprint density at radius 1 is 1.22 bits per heavy atom. The third-order valence-electron chi connectivity index (χ3n) is 4.19. The van der Waals surface area contributed by atoms with Crippen LogP contribution in [0.1, 0.15) is 33.0 Å². The van der Waals surface area contributed by atoms with Crippen molar-refractivity contribution in [3.8, 4) is 11.4 Å². The highest BCUT2D eigenvalue weighted by atomic mass is 32.1. The zero-order chi connectivity index (χ0) is 19.0. The molecule has 0 aliphatic carbocycles. The van der Waals surface area contributed by atoms with Crippen LogP contribution >= 0.6 is 11.3 Å². The monoisotopic (exact) mass is 382 g/mol. The summed E-state index contributed by atoms with van der Waals surface area (Å²) in [6.07, 6.45) is 0.448. The number of aromatic nitrogens is 2. The fourth-order valence-electron chi connectivity index (χ4n) is 2.75. The van der Waals surface area contributed by atoms with E-state index in [0.717, 1.165) is 10.5 Å². The first-order valence-electron chi connectivity index (χ1n) is 8.14. The molecule has 1 aliphatic rings. The van der Waals surface area contributed by atoms with Crippen LogP contribution in [0.3, 0.4) is 0 Å². The molecule has 1 N–H and O–H groups in total. The van der Waals surface area contributed by atoms with Gasteiger partial charge in [-0.3, -0.25) is 19.3 Å². The fraction of sp³-hybridized carbons (Fsp3) is 0.167. The predicted octanol–water partition coefficient (Wildman–Crippen LogP) is 2.60. The summed E-state index contributed by atoms with van der Waals surface area (Å²) in [5.74, 6) is -0.0979. The second-order valence-corrected chi connectivity index (χ2v) is 6.78. The van der Waals surface area contributed by atoms with Crippen LogP contribution in [0, 0.1) is 0 Å². The van der Waals surface area contributed by atoms with Crippen molar-refractivity contribution < 1.29 is 18.9 Å². The van der Waals surface area contributed by atoms with Crippen molar-refractivity contribution in [1.29, 1.82) is 0 Å². The van der Waals surface area contributed by atoms with E-state index in [4.69, 9.17) is 4.52 Å². The van der Waals surface area contributed by atoms with Gasteiger partial charge >= 0.3 is 0 Å². The first-order chi connectivity index (χ1) is 13.0. The Morgan fingerprint density at radius 3 is 2.81 bits per heavy atom. The Morgan fingerprint density at radius 2 is 2.04 bits per heavy atom. The number of fused-ring (bicyclic) bond motifs is 1. The van der Waals surface area contributed by atoms with Crippen molar-refractivity contribution in [2.75, 3.05) is 12.4 Å². The molecular formula is C18H14N4O4S. The van der Waals surface area contributed by atoms with Crippen LogP contribution in [0.15, 0.2) is 39.5 Å². The number of hydrogen-bond donors (Lipinski definition) is 1. The van der Waals surface area contributed by atoms with E-state index in [-0.39, 0.29) is 29.7 Å². The molecule has 0 unspecified atom stereocenters. The summed E-state index contributed by atoms with van der Waals surface area (Å²) in [5.41, 5.74) is 1.96. The smallest absolute Gasteiger partial charge is 0.261 e. The van der Waals surface area contributed by atoms with E-state index in [0.29, 0.717) is 29.4 Å². The molecule has 0 radical (unpaired) electrons. The Balaban J connectivity index is 1.38. The van der Waals surface area contributed by atoms with Gasteiger partial charge in [-0.1, -0.05) is 5.16 Å². The summed E-state index contributed by atoms with van der Waals surface area (Å²) in [4.78, 5) is 41.4. The minimum Gasteiger partial charge on any atom is -0.339 e. The van der Waals surface area contributed by atoms with Crippen LogP contribution in [0.4, 0.5) is 5.69 Å². The number of rotatable bonds is 5. The van der Waals surface area contributed by atoms with Crippen LogP contribution in [-0.2, 0) is 11.2 Å². The molecule has 4 rings (SSSR count). The molecule has 0 spiro atoms. The number of aryl methyl sites for hydroxylation is 1. The quantitative estimate of drug-likeness (QED) is 0.680. The highest BCUT2D eigenvalue weighted by Crippen LogP contribution is 2.25. The molecule has 0 atom stereocenters. The maximum absolute atomic E-state index is 12.2. The third-order valence-corrected chi connectivity index (χ3v) is 4.87. The van der Waals surface area contributed by atoms with E-state index < -0.39 is 0 Å². The maximum Gasteiger partial charge on any atom is 0.261 e. The number of thiophene rings is 1. The van der Waals surface area contributed by atoms with Gasteiger partial charge in [-0.15, -0.1) is 0 Å². The van der Waals surface area contributed by atoms with Crippen molar-refractivity contribution in [2.24, 2.45) is 0 Å². The summed E-state index contributed by atoms with van der Waals surface area (Å²) in [5, 5.41) is 10.5. The first kappa shape index (κ1) is 17.1. The topological polar surface area (TPSA) is 105 Å². The van der Waals surface area contributed by atoms with E-state index in [1.165, 1.54) is 24.5 Å². The van der Waals surface area contributed by atoms with Gasteiger partial charge in [0.1, 0.15) is 0 Å². The van der Waals surface area contributed by atoms with Gasteiger partial charge in [0.15, 0.2) is 0 Å². The SMILES string of the molecule is CN1C(=O)c2ccc(NC(=O)CCc3nc(-c4ccsc4)no3)cc2C1=O. The number of anilines is 1. The maximum atomic E-state index is 12.2. The largest absolute Gasteiger partial charge is 0.339 e. The number of nitrogens with zero attached hydrogens (tertiary/aromatic N) is 3. The Kier molecular flexibility index (Phi) is 4.28. The molecule has 3 aromatic rings. The highest BCUT2D eigenvalue weighted by molar-refractivity contribution is 7.08. The molecule has 2 aromatic heterocycles. The van der Waals surface area contributed by atoms with Crippen molar-refractivity contribution in [2.45, 2.75) is 12.8 Å². The lowest BCUT2D eigenvalue weighted by molar-refractivity contribution is -0.116. The average Bonchev–Trinajstić information content (AvgIpc) is 3.39. The molecular weight excluding hydrogens is 368 g/mol. The van der Waals surface area contributed by atoms with Gasteiger partial charge < -0.3 is 9.84 Å². The second kappa shape index (κ2) is 6.76. The molecule has 3 amide bonds. The molecule has 8 nitrogen and oxygen atoms in total. The summed E-state index contributed by atoms with van der Waals surface area (Å²) in [6.45, 7) is 0. The van der Waals surface area contributed by atoms with Crippen molar-refractivity contribution >= 4 is 34.7 Å². The molecule has 9 heteroatoms. The summed E-state index contributed by atoms with van der Waals surface area (Å²) in [6, 6.07) is 6.55. The predicted molar refractivity (Wildman–Crippen MR) is 97.4 cm³/mol. The van der Waals surface area contributed by atoms with Gasteiger partial charge in [0.05, 0.1) is 11.1 Å². The molecule has 0 fully saturated rings. The number of hydrogen-bond acceptors (Lipinski definition) is 7. The molecule has 3 heterocycles. The summed E-state index contributed by atoms with van der Waals surface area (Å²) >= 11 is 1.54. The van der Waals surface area contributed by atoms with Gasteiger partial charge in [0.25, 0.3) is 11.8 Å². The molecule has 0 bridgehead atoms. The summed E-state index contributed by atoms with van der Waals surface area (Å²) in [7, 11) is 1.43. The fourth-order valence-corrected chi connectivity index (χ4v) is 3.38. The number of amides is 3. The lowest BCUT2D eigenvalue weighted by Gasteiger charge is -2.05. The Hall–Kier alpha value is -3.33. The van der Waals surface area contributed by atoms with Crippen LogP contribution in [0.2, 0.25) is 0 Å². The number of nitrogens with one attached hydrogen (secondary N) is 1. The van der Waals surface area contributed by atoms with E-state index in [9.17, 15) is 14.4 Å². The van der Waals surface area contributed by atoms with Crippen molar-refractivity contribution in [3.63, 3.8) is 0 Å². The standard InChI is InChI=1S/C18H14N4O4S/c1-22-17(24)12-3-2-11(8-13(12)18(22)25)19-14(23)4-5-15-20-16(21-26-15)10-6-7-27-9-10/h2-3,6-9H,4-5H2,1H3,(H,19,23). The minimum atomic E-state index is -0.377. The molecule has 136 valence electrons. The van der Waals surface area contributed by atoms with Gasteiger partial charge in [0.2, 0.25) is 17.6 Å². The van der Waals surface area contributed by atoms with Crippen LogP contribution in [0.5, 0.6) is 0 Å². The average molecular weight is 382 g/mol. The molecule has 0 saturated carbocycles. The van der Waals surface area contributed by atoms with Crippen LogP contribution < -0.4 is 5.32 Å². The second-order valence-electron chi connectivity index (χ2n) is 6.00. The third kappa shape index (κ3) is 3.24. The first-order valence-corrected chi connectivity index (χ1v) is 9.08. The molecule has 1 aliphatic heterocycles. The number of imide groups is 1. The lowest BCUT2D eigenvalue weighted by atomic mass is 10.1. The van der Waals surface area contributed by atoms with Gasteiger partial charge in [-0.25, -0.2) is 0 Å². The van der Waals surface area contributed by atoms with Crippen LogP contribution in [0.25, 0.3) is 11.4 Å². The number of benzene rings is 1. The van der Waals surface area contributed by atoms with Gasteiger partial charge in [-0.2, -0.15) is 16.3 Å². The van der Waals surface area contributed by atoms with E-state index in [1.807, 2.05) is 16.8 Å². The number of carbonyl (C=O) groups is 3. The van der Waals surface area contributed by atoms with E-state index >= 15 is 0 Å².